The maximum absolute atomic E-state index is 10.8. The lowest BCUT2D eigenvalue weighted by Gasteiger charge is -2.06. The van der Waals surface area contributed by atoms with Gasteiger partial charge in [0, 0.05) is 18.4 Å². The van der Waals surface area contributed by atoms with Crippen LogP contribution >= 0.6 is 0 Å². The number of nitrogens with zero attached hydrogens (tertiary/aromatic N) is 3. The standard InChI is InChI=1S/C9H13N3O/c1-2-12-8(10-7-11-12)5-9(6-13)3-4-9/h6-7H,2-5H2,1H3. The van der Waals surface area contributed by atoms with Crippen molar-refractivity contribution in [1.29, 1.82) is 0 Å². The van der Waals surface area contributed by atoms with Crippen molar-refractivity contribution in [3.8, 4) is 0 Å². The highest BCUT2D eigenvalue weighted by Crippen LogP contribution is 2.45. The predicted molar refractivity (Wildman–Crippen MR) is 47.1 cm³/mol. The molecule has 2 rings (SSSR count). The number of hydrogen-bond donors (Lipinski definition) is 0. The summed E-state index contributed by atoms with van der Waals surface area (Å²) in [5, 5.41) is 4.07. The third-order valence-corrected chi connectivity index (χ3v) is 2.65. The Balaban J connectivity index is 2.13. The lowest BCUT2D eigenvalue weighted by Crippen LogP contribution is -2.12. The van der Waals surface area contributed by atoms with Crippen LogP contribution in [0.4, 0.5) is 0 Å². The minimum absolute atomic E-state index is 0.0973. The molecule has 4 nitrogen and oxygen atoms in total. The van der Waals surface area contributed by atoms with E-state index in [1.54, 1.807) is 6.33 Å². The molecular formula is C9H13N3O. The first-order valence-electron chi connectivity index (χ1n) is 4.63. The number of carbonyl (C=O) groups excluding carboxylic acids is 1. The van der Waals surface area contributed by atoms with Crippen LogP contribution in [0.1, 0.15) is 25.6 Å². The highest BCUT2D eigenvalue weighted by atomic mass is 16.1. The molecule has 0 aliphatic heterocycles. The number of aldehydes is 1. The molecule has 1 aliphatic carbocycles. The Hall–Kier alpha value is -1.19. The molecule has 0 bridgehead atoms. The Morgan fingerprint density at radius 1 is 1.69 bits per heavy atom. The summed E-state index contributed by atoms with van der Waals surface area (Å²) in [6.45, 7) is 2.85. The summed E-state index contributed by atoms with van der Waals surface area (Å²) in [5.41, 5.74) is -0.0973. The van der Waals surface area contributed by atoms with Crippen molar-refractivity contribution in [1.82, 2.24) is 14.8 Å². The molecule has 1 aromatic heterocycles. The average Bonchev–Trinajstić information content (AvgIpc) is 2.78. The molecule has 0 spiro atoms. The van der Waals surface area contributed by atoms with Crippen LogP contribution in [0.15, 0.2) is 6.33 Å². The Labute approximate surface area is 77.0 Å². The van der Waals surface area contributed by atoms with Gasteiger partial charge in [0.15, 0.2) is 0 Å². The second-order valence-electron chi connectivity index (χ2n) is 3.65. The zero-order valence-corrected chi connectivity index (χ0v) is 7.73. The molecule has 0 unspecified atom stereocenters. The minimum Gasteiger partial charge on any atom is -0.303 e. The van der Waals surface area contributed by atoms with Gasteiger partial charge in [-0.3, -0.25) is 4.68 Å². The van der Waals surface area contributed by atoms with Gasteiger partial charge in [0.1, 0.15) is 18.4 Å². The van der Waals surface area contributed by atoms with Crippen molar-refractivity contribution in [3.05, 3.63) is 12.2 Å². The summed E-state index contributed by atoms with van der Waals surface area (Å²) < 4.78 is 1.85. The summed E-state index contributed by atoms with van der Waals surface area (Å²) in [6.07, 6.45) is 5.39. The topological polar surface area (TPSA) is 47.8 Å². The van der Waals surface area contributed by atoms with E-state index in [4.69, 9.17) is 0 Å². The molecule has 1 heterocycles. The molecule has 1 aromatic rings. The molecule has 4 heteroatoms. The summed E-state index contributed by atoms with van der Waals surface area (Å²) in [5.74, 6) is 0.937. The Kier molecular flexibility index (Phi) is 1.90. The molecule has 13 heavy (non-hydrogen) atoms. The number of rotatable bonds is 4. The van der Waals surface area contributed by atoms with Crippen LogP contribution in [-0.4, -0.2) is 21.1 Å². The Morgan fingerprint density at radius 2 is 2.46 bits per heavy atom. The van der Waals surface area contributed by atoms with Gasteiger partial charge in [-0.25, -0.2) is 4.98 Å². The molecule has 0 radical (unpaired) electrons. The van der Waals surface area contributed by atoms with Crippen molar-refractivity contribution in [2.75, 3.05) is 0 Å². The largest absolute Gasteiger partial charge is 0.303 e. The molecule has 70 valence electrons. The molecular weight excluding hydrogens is 166 g/mol. The molecule has 1 aliphatic rings. The average molecular weight is 179 g/mol. The SMILES string of the molecule is CCn1ncnc1CC1(C=O)CC1. The summed E-state index contributed by atoms with van der Waals surface area (Å²) in [6, 6.07) is 0. The normalized spacial score (nSPS) is 18.5. The predicted octanol–water partition coefficient (Wildman–Crippen LogP) is 0.820. The van der Waals surface area contributed by atoms with E-state index in [0.29, 0.717) is 0 Å². The summed E-state index contributed by atoms with van der Waals surface area (Å²) in [4.78, 5) is 14.9. The first-order valence-corrected chi connectivity index (χ1v) is 4.63. The van der Waals surface area contributed by atoms with E-state index in [1.807, 2.05) is 11.6 Å². The zero-order valence-electron chi connectivity index (χ0n) is 7.73. The summed E-state index contributed by atoms with van der Waals surface area (Å²) in [7, 11) is 0. The van der Waals surface area contributed by atoms with Gasteiger partial charge in [-0.05, 0) is 19.8 Å². The van der Waals surface area contributed by atoms with Gasteiger partial charge in [-0.2, -0.15) is 5.10 Å². The van der Waals surface area contributed by atoms with Crippen LogP contribution in [0.2, 0.25) is 0 Å². The fourth-order valence-corrected chi connectivity index (χ4v) is 1.50. The van der Waals surface area contributed by atoms with Gasteiger partial charge >= 0.3 is 0 Å². The van der Waals surface area contributed by atoms with Gasteiger partial charge in [0.05, 0.1) is 0 Å². The van der Waals surface area contributed by atoms with Gasteiger partial charge in [-0.1, -0.05) is 0 Å². The van der Waals surface area contributed by atoms with Crippen LogP contribution in [0.3, 0.4) is 0 Å². The second-order valence-corrected chi connectivity index (χ2v) is 3.65. The first kappa shape index (κ1) is 8.41. The molecule has 1 saturated carbocycles. The van der Waals surface area contributed by atoms with E-state index >= 15 is 0 Å². The zero-order chi connectivity index (χ0) is 9.31. The van der Waals surface area contributed by atoms with Gasteiger partial charge in [0.2, 0.25) is 0 Å². The molecule has 0 N–H and O–H groups in total. The van der Waals surface area contributed by atoms with E-state index < -0.39 is 0 Å². The highest BCUT2D eigenvalue weighted by molar-refractivity contribution is 5.63. The van der Waals surface area contributed by atoms with Gasteiger partial charge in [0.25, 0.3) is 0 Å². The number of hydrogen-bond acceptors (Lipinski definition) is 3. The molecule has 0 amide bonds. The third kappa shape index (κ3) is 1.48. The summed E-state index contributed by atoms with van der Waals surface area (Å²) >= 11 is 0. The monoisotopic (exact) mass is 179 g/mol. The van der Waals surface area contributed by atoms with E-state index in [0.717, 1.165) is 37.9 Å². The Bertz CT molecular complexity index is 314. The van der Waals surface area contributed by atoms with E-state index in [2.05, 4.69) is 10.1 Å². The van der Waals surface area contributed by atoms with Crippen LogP contribution in [0.25, 0.3) is 0 Å². The van der Waals surface area contributed by atoms with E-state index in [9.17, 15) is 4.79 Å². The maximum atomic E-state index is 10.8. The maximum Gasteiger partial charge on any atom is 0.138 e. The highest BCUT2D eigenvalue weighted by Gasteiger charge is 2.43. The molecule has 1 fully saturated rings. The van der Waals surface area contributed by atoms with E-state index in [-0.39, 0.29) is 5.41 Å². The number of aryl methyl sites for hydroxylation is 1. The molecule has 0 atom stereocenters. The van der Waals surface area contributed by atoms with Crippen LogP contribution < -0.4 is 0 Å². The Morgan fingerprint density at radius 3 is 3.00 bits per heavy atom. The molecule has 0 aromatic carbocycles. The van der Waals surface area contributed by atoms with Crippen molar-refractivity contribution in [3.63, 3.8) is 0 Å². The van der Waals surface area contributed by atoms with Crippen LogP contribution in [-0.2, 0) is 17.8 Å². The fraction of sp³-hybridized carbons (Fsp3) is 0.667. The van der Waals surface area contributed by atoms with Crippen molar-refractivity contribution in [2.24, 2.45) is 5.41 Å². The van der Waals surface area contributed by atoms with Crippen molar-refractivity contribution >= 4 is 6.29 Å². The lowest BCUT2D eigenvalue weighted by atomic mass is 10.0. The van der Waals surface area contributed by atoms with E-state index in [1.165, 1.54) is 0 Å². The minimum atomic E-state index is -0.0973. The molecule has 0 saturated heterocycles. The van der Waals surface area contributed by atoms with Crippen molar-refractivity contribution in [2.45, 2.75) is 32.7 Å². The first-order chi connectivity index (χ1) is 6.29. The van der Waals surface area contributed by atoms with Gasteiger partial charge in [-0.15, -0.1) is 0 Å². The fourth-order valence-electron chi connectivity index (χ4n) is 1.50. The van der Waals surface area contributed by atoms with Gasteiger partial charge < -0.3 is 4.79 Å². The quantitative estimate of drug-likeness (QED) is 0.643. The number of aromatic nitrogens is 3. The number of carbonyl (C=O) groups is 1. The smallest absolute Gasteiger partial charge is 0.138 e. The second kappa shape index (κ2) is 2.94. The van der Waals surface area contributed by atoms with Crippen LogP contribution in [0, 0.1) is 5.41 Å². The van der Waals surface area contributed by atoms with Crippen LogP contribution in [0.5, 0.6) is 0 Å². The third-order valence-electron chi connectivity index (χ3n) is 2.65. The van der Waals surface area contributed by atoms with Crippen molar-refractivity contribution < 1.29 is 4.79 Å². The lowest BCUT2D eigenvalue weighted by molar-refractivity contribution is -0.112.